The first-order valence-corrected chi connectivity index (χ1v) is 7.35. The number of hydrogen-bond acceptors (Lipinski definition) is 3. The molecule has 0 spiro atoms. The Hall–Kier alpha value is -2.15. The minimum atomic E-state index is -1.12. The van der Waals surface area contributed by atoms with Gasteiger partial charge in [0.1, 0.15) is 16.9 Å². The number of nitrogens with one attached hydrogen (secondary N) is 1. The van der Waals surface area contributed by atoms with Gasteiger partial charge < -0.3 is 5.11 Å². The van der Waals surface area contributed by atoms with Crippen molar-refractivity contribution < 1.29 is 9.90 Å². The number of hydrogen-bond donors (Lipinski definition) is 2. The van der Waals surface area contributed by atoms with E-state index in [1.54, 1.807) is 10.9 Å². The summed E-state index contributed by atoms with van der Waals surface area (Å²) >= 11 is 3.41. The van der Waals surface area contributed by atoms with Crippen molar-refractivity contribution in [2.75, 3.05) is 5.43 Å². The second-order valence-corrected chi connectivity index (χ2v) is 5.60. The Morgan fingerprint density at radius 3 is 2.95 bits per heavy atom. The fraction of sp³-hybridized carbons (Fsp3) is 0.214. The van der Waals surface area contributed by atoms with Crippen LogP contribution in [0, 0.1) is 0 Å². The van der Waals surface area contributed by atoms with Gasteiger partial charge in [0.05, 0.1) is 11.7 Å². The molecule has 2 aromatic heterocycles. The fourth-order valence-corrected chi connectivity index (χ4v) is 2.73. The molecule has 3 rings (SSSR count). The van der Waals surface area contributed by atoms with Crippen molar-refractivity contribution in [3.63, 3.8) is 0 Å². The average Bonchev–Trinajstić information content (AvgIpc) is 2.76. The van der Waals surface area contributed by atoms with E-state index in [2.05, 4.69) is 31.3 Å². The number of carbonyl (C=O) groups is 1. The van der Waals surface area contributed by atoms with Gasteiger partial charge in [-0.3, -0.25) is 4.98 Å². The Balaban J connectivity index is 2.36. The molecule has 7 heteroatoms. The Bertz CT molecular complexity index is 844. The first-order valence-electron chi connectivity index (χ1n) is 6.55. The first kappa shape index (κ1) is 13.8. The molecule has 6 nitrogen and oxygen atoms in total. The highest BCUT2D eigenvalue weighted by Crippen LogP contribution is 2.26. The van der Waals surface area contributed by atoms with Crippen molar-refractivity contribution in [3.05, 3.63) is 34.7 Å². The lowest BCUT2D eigenvalue weighted by Gasteiger charge is -2.09. The van der Waals surface area contributed by atoms with Gasteiger partial charge >= 0.3 is 6.09 Å². The summed E-state index contributed by atoms with van der Waals surface area (Å²) in [5.41, 5.74) is 4.62. The molecule has 0 fully saturated rings. The Morgan fingerprint density at radius 1 is 1.43 bits per heavy atom. The summed E-state index contributed by atoms with van der Waals surface area (Å²) in [5, 5.41) is 9.93. The van der Waals surface area contributed by atoms with Crippen LogP contribution in [0.1, 0.15) is 19.2 Å². The monoisotopic (exact) mass is 348 g/mol. The number of carboxylic acid groups (broad SMARTS) is 1. The van der Waals surface area contributed by atoms with Crippen molar-refractivity contribution in [1.82, 2.24) is 14.6 Å². The van der Waals surface area contributed by atoms with Crippen LogP contribution in [0.5, 0.6) is 0 Å². The number of aromatic nitrogens is 3. The quantitative estimate of drug-likeness (QED) is 0.758. The van der Waals surface area contributed by atoms with E-state index in [0.717, 1.165) is 27.3 Å². The molecule has 0 aliphatic heterocycles. The number of benzene rings is 1. The van der Waals surface area contributed by atoms with Crippen molar-refractivity contribution in [2.24, 2.45) is 0 Å². The van der Waals surface area contributed by atoms with Gasteiger partial charge in [-0.05, 0) is 24.6 Å². The van der Waals surface area contributed by atoms with Gasteiger partial charge in [0.25, 0.3) is 0 Å². The minimum Gasteiger partial charge on any atom is -0.464 e. The van der Waals surface area contributed by atoms with Crippen LogP contribution in [0.4, 0.5) is 4.79 Å². The van der Waals surface area contributed by atoms with Crippen LogP contribution in [-0.2, 0) is 6.42 Å². The van der Waals surface area contributed by atoms with Gasteiger partial charge in [0.15, 0.2) is 0 Å². The van der Waals surface area contributed by atoms with Gasteiger partial charge in [-0.2, -0.15) is 0 Å². The number of aryl methyl sites for hydroxylation is 1. The SMILES string of the molecule is CCCc1nc2cnc3cc(Br)ccc3c2n1NC(=O)O. The molecule has 0 unspecified atom stereocenters. The molecule has 1 aromatic carbocycles. The van der Waals surface area contributed by atoms with Crippen LogP contribution in [0.15, 0.2) is 28.9 Å². The van der Waals surface area contributed by atoms with Gasteiger partial charge in [0, 0.05) is 16.3 Å². The van der Waals surface area contributed by atoms with E-state index in [1.165, 1.54) is 0 Å². The first-order chi connectivity index (χ1) is 10.1. The molecule has 0 saturated carbocycles. The number of pyridine rings is 1. The molecule has 21 heavy (non-hydrogen) atoms. The number of fused-ring (bicyclic) bond motifs is 3. The lowest BCUT2D eigenvalue weighted by Crippen LogP contribution is -2.22. The van der Waals surface area contributed by atoms with Gasteiger partial charge in [-0.15, -0.1) is 0 Å². The summed E-state index contributed by atoms with van der Waals surface area (Å²) in [4.78, 5) is 19.9. The maximum absolute atomic E-state index is 11.1. The predicted molar refractivity (Wildman–Crippen MR) is 84.1 cm³/mol. The third-order valence-electron chi connectivity index (χ3n) is 3.20. The molecule has 0 saturated heterocycles. The van der Waals surface area contributed by atoms with Gasteiger partial charge in [-0.1, -0.05) is 22.9 Å². The Labute approximate surface area is 128 Å². The maximum Gasteiger partial charge on any atom is 0.424 e. The van der Waals surface area contributed by atoms with E-state index < -0.39 is 6.09 Å². The standard InChI is InChI=1S/C14H13BrN4O2/c1-2-3-12-17-11-7-16-10-6-8(15)4-5-9(10)13(11)19(12)18-14(20)21/h4-7,18H,2-3H2,1H3,(H,20,21). The van der Waals surface area contributed by atoms with E-state index in [0.29, 0.717) is 17.8 Å². The summed E-state index contributed by atoms with van der Waals surface area (Å²) < 4.78 is 2.46. The number of amides is 1. The zero-order valence-electron chi connectivity index (χ0n) is 11.3. The van der Waals surface area contributed by atoms with E-state index in [9.17, 15) is 4.79 Å². The van der Waals surface area contributed by atoms with Crippen LogP contribution in [0.25, 0.3) is 21.9 Å². The van der Waals surface area contributed by atoms with Gasteiger partial charge in [-0.25, -0.2) is 19.9 Å². The number of nitrogens with zero attached hydrogens (tertiary/aromatic N) is 3. The summed E-state index contributed by atoms with van der Waals surface area (Å²) in [6.07, 6.45) is 2.12. The maximum atomic E-state index is 11.1. The Morgan fingerprint density at radius 2 is 2.24 bits per heavy atom. The highest BCUT2D eigenvalue weighted by Gasteiger charge is 2.15. The number of imidazole rings is 1. The van der Waals surface area contributed by atoms with E-state index in [4.69, 9.17) is 5.11 Å². The topological polar surface area (TPSA) is 80.0 Å². The molecule has 2 heterocycles. The highest BCUT2D eigenvalue weighted by molar-refractivity contribution is 9.10. The summed E-state index contributed by atoms with van der Waals surface area (Å²) in [6.45, 7) is 2.03. The number of halogens is 1. The predicted octanol–water partition coefficient (Wildman–Crippen LogP) is 3.52. The average molecular weight is 349 g/mol. The zero-order chi connectivity index (χ0) is 15.0. The van der Waals surface area contributed by atoms with Gasteiger partial charge in [0.2, 0.25) is 0 Å². The molecule has 0 atom stereocenters. The van der Waals surface area contributed by atoms with Crippen LogP contribution < -0.4 is 5.43 Å². The highest BCUT2D eigenvalue weighted by atomic mass is 79.9. The van der Waals surface area contributed by atoms with Crippen molar-refractivity contribution in [2.45, 2.75) is 19.8 Å². The third kappa shape index (κ3) is 2.44. The number of rotatable bonds is 3. The second kappa shape index (κ2) is 5.33. The minimum absolute atomic E-state index is 0.682. The van der Waals surface area contributed by atoms with E-state index in [1.807, 2.05) is 25.1 Å². The molecule has 0 aliphatic rings. The lowest BCUT2D eigenvalue weighted by molar-refractivity contribution is 0.206. The van der Waals surface area contributed by atoms with Crippen LogP contribution in [0.2, 0.25) is 0 Å². The molecule has 1 amide bonds. The van der Waals surface area contributed by atoms with Crippen molar-refractivity contribution >= 4 is 44.0 Å². The zero-order valence-corrected chi connectivity index (χ0v) is 12.9. The van der Waals surface area contributed by atoms with Crippen LogP contribution in [-0.4, -0.2) is 25.8 Å². The summed E-state index contributed by atoms with van der Waals surface area (Å²) in [6, 6.07) is 5.71. The van der Waals surface area contributed by atoms with E-state index >= 15 is 0 Å². The smallest absolute Gasteiger partial charge is 0.424 e. The molecule has 0 bridgehead atoms. The molecule has 2 N–H and O–H groups in total. The molecule has 0 aliphatic carbocycles. The molecule has 3 aromatic rings. The fourth-order valence-electron chi connectivity index (χ4n) is 2.38. The lowest BCUT2D eigenvalue weighted by atomic mass is 10.2. The van der Waals surface area contributed by atoms with Crippen LogP contribution >= 0.6 is 15.9 Å². The normalized spacial score (nSPS) is 11.1. The largest absolute Gasteiger partial charge is 0.464 e. The molecule has 0 radical (unpaired) electrons. The third-order valence-corrected chi connectivity index (χ3v) is 3.69. The van der Waals surface area contributed by atoms with Crippen LogP contribution in [0.3, 0.4) is 0 Å². The van der Waals surface area contributed by atoms with Crippen molar-refractivity contribution in [3.8, 4) is 0 Å². The molecule has 108 valence electrons. The Kier molecular flexibility index (Phi) is 3.50. The summed E-state index contributed by atoms with van der Waals surface area (Å²) in [5.74, 6) is 0.687. The van der Waals surface area contributed by atoms with Crippen molar-refractivity contribution in [1.29, 1.82) is 0 Å². The molecular formula is C14H13BrN4O2. The molecular weight excluding hydrogens is 336 g/mol. The summed E-state index contributed by atoms with van der Waals surface area (Å²) in [7, 11) is 0. The van der Waals surface area contributed by atoms with E-state index in [-0.39, 0.29) is 0 Å². The second-order valence-electron chi connectivity index (χ2n) is 4.68.